The molecule has 3 N–H and O–H groups in total. The quantitative estimate of drug-likeness (QED) is 0.344. The largest absolute Gasteiger partial charge is 0.490 e. The van der Waals surface area contributed by atoms with Crippen molar-refractivity contribution < 1.29 is 9.47 Å². The number of H-pyrrole nitrogens is 2. The Labute approximate surface area is 185 Å². The molecule has 4 rings (SSSR count). The van der Waals surface area contributed by atoms with Gasteiger partial charge in [0.15, 0.2) is 11.5 Å². The SMILES string of the molecule is CCOc1cc(CNc2ccc3[nH]c(=O)[nH]c3c2)cc(Cl)c1OCc1ccc(C)cc1. The average molecular weight is 438 g/mol. The van der Waals surface area contributed by atoms with Crippen LogP contribution in [-0.4, -0.2) is 16.6 Å². The summed E-state index contributed by atoms with van der Waals surface area (Å²) in [7, 11) is 0. The summed E-state index contributed by atoms with van der Waals surface area (Å²) in [5.41, 5.74) is 5.41. The van der Waals surface area contributed by atoms with Gasteiger partial charge in [-0.05, 0) is 55.3 Å². The highest BCUT2D eigenvalue weighted by molar-refractivity contribution is 6.32. The maximum absolute atomic E-state index is 11.4. The molecule has 0 unspecified atom stereocenters. The number of ether oxygens (including phenoxy) is 2. The molecular weight excluding hydrogens is 414 g/mol. The minimum Gasteiger partial charge on any atom is -0.490 e. The molecule has 6 nitrogen and oxygen atoms in total. The van der Waals surface area contributed by atoms with Crippen molar-refractivity contribution in [1.82, 2.24) is 9.97 Å². The van der Waals surface area contributed by atoms with Crippen LogP contribution >= 0.6 is 11.6 Å². The highest BCUT2D eigenvalue weighted by Gasteiger charge is 2.13. The number of fused-ring (bicyclic) bond motifs is 1. The third-order valence-corrected chi connectivity index (χ3v) is 5.17. The van der Waals surface area contributed by atoms with Crippen LogP contribution in [-0.2, 0) is 13.2 Å². The summed E-state index contributed by atoms with van der Waals surface area (Å²) in [6.45, 7) is 5.43. The summed E-state index contributed by atoms with van der Waals surface area (Å²) in [4.78, 5) is 16.9. The van der Waals surface area contributed by atoms with Gasteiger partial charge in [0, 0.05) is 12.2 Å². The van der Waals surface area contributed by atoms with Gasteiger partial charge >= 0.3 is 5.69 Å². The smallest absolute Gasteiger partial charge is 0.323 e. The second kappa shape index (κ2) is 9.18. The van der Waals surface area contributed by atoms with E-state index in [-0.39, 0.29) is 5.69 Å². The normalized spacial score (nSPS) is 10.9. The Kier molecular flexibility index (Phi) is 6.18. The first-order valence-corrected chi connectivity index (χ1v) is 10.5. The van der Waals surface area contributed by atoms with E-state index in [0.717, 1.165) is 27.8 Å². The van der Waals surface area contributed by atoms with Crippen molar-refractivity contribution in [2.75, 3.05) is 11.9 Å². The van der Waals surface area contributed by atoms with Gasteiger partial charge in [-0.1, -0.05) is 41.4 Å². The minimum atomic E-state index is -0.221. The number of halogens is 1. The molecule has 31 heavy (non-hydrogen) atoms. The maximum Gasteiger partial charge on any atom is 0.323 e. The van der Waals surface area contributed by atoms with Crippen molar-refractivity contribution in [1.29, 1.82) is 0 Å². The van der Waals surface area contributed by atoms with Gasteiger partial charge in [0.1, 0.15) is 6.61 Å². The number of anilines is 1. The van der Waals surface area contributed by atoms with Gasteiger partial charge in [0.2, 0.25) is 0 Å². The Hall–Kier alpha value is -3.38. The zero-order valence-corrected chi connectivity index (χ0v) is 18.2. The maximum atomic E-state index is 11.4. The number of benzene rings is 3. The molecule has 4 aromatic rings. The van der Waals surface area contributed by atoms with Gasteiger partial charge < -0.3 is 24.8 Å². The Balaban J connectivity index is 1.49. The van der Waals surface area contributed by atoms with E-state index in [9.17, 15) is 4.79 Å². The predicted octanol–water partition coefficient (Wildman–Crippen LogP) is 5.41. The molecule has 0 fully saturated rings. The third-order valence-electron chi connectivity index (χ3n) is 4.89. The molecule has 0 spiro atoms. The van der Waals surface area contributed by atoms with Gasteiger partial charge in [0.05, 0.1) is 22.7 Å². The molecular formula is C24H24ClN3O3. The van der Waals surface area contributed by atoms with E-state index in [4.69, 9.17) is 21.1 Å². The molecule has 3 aromatic carbocycles. The predicted molar refractivity (Wildman–Crippen MR) is 124 cm³/mol. The zero-order chi connectivity index (χ0) is 21.8. The summed E-state index contributed by atoms with van der Waals surface area (Å²) in [6.07, 6.45) is 0. The molecule has 0 atom stereocenters. The fourth-order valence-electron chi connectivity index (χ4n) is 3.31. The monoisotopic (exact) mass is 437 g/mol. The molecule has 0 saturated carbocycles. The number of aryl methyl sites for hydroxylation is 1. The second-order valence-electron chi connectivity index (χ2n) is 7.31. The van der Waals surface area contributed by atoms with Crippen molar-refractivity contribution in [2.45, 2.75) is 27.0 Å². The lowest BCUT2D eigenvalue weighted by atomic mass is 10.1. The Morgan fingerprint density at radius 3 is 2.48 bits per heavy atom. The molecule has 0 aliphatic rings. The van der Waals surface area contributed by atoms with Crippen LogP contribution in [0.4, 0.5) is 5.69 Å². The molecule has 7 heteroatoms. The molecule has 0 amide bonds. The van der Waals surface area contributed by atoms with Crippen molar-refractivity contribution in [3.05, 3.63) is 86.8 Å². The van der Waals surface area contributed by atoms with Gasteiger partial charge in [-0.25, -0.2) is 4.79 Å². The van der Waals surface area contributed by atoms with Crippen molar-refractivity contribution in [3.63, 3.8) is 0 Å². The number of aromatic nitrogens is 2. The number of aromatic amines is 2. The lowest BCUT2D eigenvalue weighted by molar-refractivity contribution is 0.269. The summed E-state index contributed by atoms with van der Waals surface area (Å²) in [6, 6.07) is 17.6. The molecule has 0 saturated heterocycles. The van der Waals surface area contributed by atoms with Gasteiger partial charge in [-0.3, -0.25) is 0 Å². The van der Waals surface area contributed by atoms with Crippen LogP contribution in [0.1, 0.15) is 23.6 Å². The van der Waals surface area contributed by atoms with Gasteiger partial charge in [-0.2, -0.15) is 0 Å². The van der Waals surface area contributed by atoms with E-state index in [1.54, 1.807) is 0 Å². The molecule has 0 bridgehead atoms. The molecule has 1 heterocycles. The first-order chi connectivity index (χ1) is 15.0. The van der Waals surface area contributed by atoms with E-state index in [0.29, 0.717) is 36.3 Å². The summed E-state index contributed by atoms with van der Waals surface area (Å²) in [5.74, 6) is 1.16. The topological polar surface area (TPSA) is 79.1 Å². The highest BCUT2D eigenvalue weighted by Crippen LogP contribution is 2.37. The van der Waals surface area contributed by atoms with Gasteiger partial charge in [-0.15, -0.1) is 0 Å². The summed E-state index contributed by atoms with van der Waals surface area (Å²) >= 11 is 6.55. The van der Waals surface area contributed by atoms with Crippen molar-refractivity contribution >= 4 is 28.3 Å². The number of hydrogen-bond donors (Lipinski definition) is 3. The van der Waals surface area contributed by atoms with E-state index >= 15 is 0 Å². The van der Waals surface area contributed by atoms with Crippen LogP contribution in [0.3, 0.4) is 0 Å². The zero-order valence-electron chi connectivity index (χ0n) is 17.4. The van der Waals surface area contributed by atoms with Crippen LogP contribution in [0.15, 0.2) is 59.4 Å². The van der Waals surface area contributed by atoms with Crippen LogP contribution in [0.25, 0.3) is 11.0 Å². The lowest BCUT2D eigenvalue weighted by Gasteiger charge is -2.16. The van der Waals surface area contributed by atoms with Crippen LogP contribution in [0.2, 0.25) is 5.02 Å². The first kappa shape index (κ1) is 20.9. The fourth-order valence-corrected chi connectivity index (χ4v) is 3.60. The number of imidazole rings is 1. The molecule has 1 aromatic heterocycles. The average Bonchev–Trinajstić information content (AvgIpc) is 3.12. The number of rotatable bonds is 8. The minimum absolute atomic E-state index is 0.221. The molecule has 160 valence electrons. The Morgan fingerprint density at radius 1 is 0.935 bits per heavy atom. The first-order valence-electron chi connectivity index (χ1n) is 10.1. The van der Waals surface area contributed by atoms with Crippen LogP contribution < -0.4 is 20.5 Å². The number of hydrogen-bond acceptors (Lipinski definition) is 4. The molecule has 0 aliphatic carbocycles. The van der Waals surface area contributed by atoms with Crippen LogP contribution in [0, 0.1) is 6.92 Å². The standard InChI is InChI=1S/C24H24ClN3O3/c1-3-30-22-11-17(13-26-18-8-9-20-21(12-18)28-24(29)27-20)10-19(25)23(22)31-14-16-6-4-15(2)5-7-16/h4-12,26H,3,13-14H2,1-2H3,(H2,27,28,29). The van der Waals surface area contributed by atoms with Crippen molar-refractivity contribution in [3.8, 4) is 11.5 Å². The second-order valence-corrected chi connectivity index (χ2v) is 7.71. The summed E-state index contributed by atoms with van der Waals surface area (Å²) < 4.78 is 11.8. The Morgan fingerprint density at radius 2 is 1.71 bits per heavy atom. The van der Waals surface area contributed by atoms with Crippen molar-refractivity contribution in [2.24, 2.45) is 0 Å². The van der Waals surface area contributed by atoms with Gasteiger partial charge in [0.25, 0.3) is 0 Å². The Bertz CT molecular complexity index is 1250. The molecule has 0 aliphatic heterocycles. The number of nitrogens with one attached hydrogen (secondary N) is 3. The summed E-state index contributed by atoms with van der Waals surface area (Å²) in [5, 5.41) is 3.85. The highest BCUT2D eigenvalue weighted by atomic mass is 35.5. The lowest BCUT2D eigenvalue weighted by Crippen LogP contribution is -2.04. The van der Waals surface area contributed by atoms with E-state index in [1.165, 1.54) is 5.56 Å². The van der Waals surface area contributed by atoms with E-state index in [1.807, 2.05) is 49.4 Å². The van der Waals surface area contributed by atoms with E-state index < -0.39 is 0 Å². The fraction of sp³-hybridized carbons (Fsp3) is 0.208. The van der Waals surface area contributed by atoms with E-state index in [2.05, 4.69) is 34.3 Å². The third kappa shape index (κ3) is 5.03. The van der Waals surface area contributed by atoms with Crippen LogP contribution in [0.5, 0.6) is 11.5 Å². The molecule has 0 radical (unpaired) electrons.